The topological polar surface area (TPSA) is 69.6 Å². The van der Waals surface area contributed by atoms with Crippen LogP contribution >= 0.6 is 11.6 Å². The maximum absolute atomic E-state index is 13.3. The molecule has 1 fully saturated rings. The van der Waals surface area contributed by atoms with Crippen molar-refractivity contribution >= 4 is 29.2 Å². The summed E-state index contributed by atoms with van der Waals surface area (Å²) in [5.41, 5.74) is 2.40. The molecular formula is C28H32ClN5O2. The quantitative estimate of drug-likeness (QED) is 0.462. The molecule has 1 saturated heterocycles. The number of hydrogen-bond acceptors (Lipinski definition) is 5. The van der Waals surface area contributed by atoms with Gasteiger partial charge in [0.25, 0.3) is 5.91 Å². The zero-order chi connectivity index (χ0) is 25.5. The van der Waals surface area contributed by atoms with Gasteiger partial charge in [0.15, 0.2) is 5.82 Å². The third kappa shape index (κ3) is 6.21. The lowest BCUT2D eigenvalue weighted by Gasteiger charge is -2.31. The lowest BCUT2D eigenvalue weighted by molar-refractivity contribution is -0.132. The number of halogens is 1. The Labute approximate surface area is 217 Å². The first-order valence-corrected chi connectivity index (χ1v) is 12.8. The Hall–Kier alpha value is -3.45. The molecule has 3 aromatic rings. The normalized spacial score (nSPS) is 14.8. The minimum atomic E-state index is -0.153. The van der Waals surface area contributed by atoms with Gasteiger partial charge < -0.3 is 14.7 Å². The summed E-state index contributed by atoms with van der Waals surface area (Å²) >= 11 is 5.98. The molecule has 8 heteroatoms. The number of carbonyl (C=O) groups excluding carboxylic acids is 2. The third-order valence-corrected chi connectivity index (χ3v) is 6.93. The number of amides is 2. The highest BCUT2D eigenvalue weighted by atomic mass is 35.5. The molecule has 1 unspecified atom stereocenters. The lowest BCUT2D eigenvalue weighted by atomic mass is 10.1. The van der Waals surface area contributed by atoms with Crippen molar-refractivity contribution in [1.29, 1.82) is 0 Å². The van der Waals surface area contributed by atoms with Crippen LogP contribution in [0.15, 0.2) is 66.7 Å². The maximum Gasteiger partial charge on any atom is 0.254 e. The Morgan fingerprint density at radius 3 is 2.36 bits per heavy atom. The Kier molecular flexibility index (Phi) is 8.54. The summed E-state index contributed by atoms with van der Waals surface area (Å²) in [6, 6.07) is 20.7. The smallest absolute Gasteiger partial charge is 0.254 e. The van der Waals surface area contributed by atoms with Crippen LogP contribution in [-0.2, 0) is 4.79 Å². The van der Waals surface area contributed by atoms with Gasteiger partial charge in [-0.15, -0.1) is 10.2 Å². The first kappa shape index (κ1) is 25.6. The van der Waals surface area contributed by atoms with E-state index in [9.17, 15) is 9.59 Å². The van der Waals surface area contributed by atoms with Crippen LogP contribution in [0.2, 0.25) is 5.02 Å². The molecule has 0 saturated carbocycles. The monoisotopic (exact) mass is 505 g/mol. The molecule has 7 nitrogen and oxygen atoms in total. The number of carbonyl (C=O) groups is 2. The third-order valence-electron chi connectivity index (χ3n) is 6.67. The Balaban J connectivity index is 1.39. The van der Waals surface area contributed by atoms with Crippen LogP contribution < -0.4 is 4.90 Å². The summed E-state index contributed by atoms with van der Waals surface area (Å²) in [5.74, 6) is 0.618. The predicted octanol–water partition coefficient (Wildman–Crippen LogP) is 4.78. The number of benzene rings is 2. The van der Waals surface area contributed by atoms with Crippen LogP contribution in [0.3, 0.4) is 0 Å². The van der Waals surface area contributed by atoms with Gasteiger partial charge in [-0.1, -0.05) is 48.9 Å². The van der Waals surface area contributed by atoms with Crippen molar-refractivity contribution in [2.75, 3.05) is 37.6 Å². The van der Waals surface area contributed by atoms with Crippen molar-refractivity contribution in [2.24, 2.45) is 0 Å². The van der Waals surface area contributed by atoms with Crippen molar-refractivity contribution in [3.8, 4) is 11.3 Å². The van der Waals surface area contributed by atoms with Crippen LogP contribution in [0.5, 0.6) is 0 Å². The van der Waals surface area contributed by atoms with Gasteiger partial charge in [-0.3, -0.25) is 9.59 Å². The van der Waals surface area contributed by atoms with Crippen LogP contribution in [0.1, 0.15) is 37.0 Å². The molecule has 0 radical (unpaired) electrons. The molecule has 1 aliphatic heterocycles. The van der Waals surface area contributed by atoms with E-state index in [1.165, 1.54) is 0 Å². The Bertz CT molecular complexity index is 1150. The molecule has 4 rings (SSSR count). The highest BCUT2D eigenvalue weighted by Gasteiger charge is 2.27. The van der Waals surface area contributed by atoms with Crippen molar-refractivity contribution in [3.05, 3.63) is 77.3 Å². The zero-order valence-electron chi connectivity index (χ0n) is 20.8. The van der Waals surface area contributed by atoms with Crippen molar-refractivity contribution in [2.45, 2.75) is 32.7 Å². The summed E-state index contributed by atoms with van der Waals surface area (Å²) in [4.78, 5) is 32.2. The second-order valence-corrected chi connectivity index (χ2v) is 9.50. The number of anilines is 1. The molecule has 0 spiro atoms. The van der Waals surface area contributed by atoms with E-state index in [2.05, 4.69) is 15.1 Å². The fourth-order valence-corrected chi connectivity index (χ4v) is 4.43. The van der Waals surface area contributed by atoms with E-state index in [-0.39, 0.29) is 24.4 Å². The standard InChI is InChI=1S/C28H32ClN5O2/c1-3-21(2)34(28(36)23-10-12-24(29)13-11-23)20-27(35)33-17-7-16-32(18-19-33)26-15-14-25(30-31-26)22-8-5-4-6-9-22/h4-6,8-15,21H,3,7,16-20H2,1-2H3. The summed E-state index contributed by atoms with van der Waals surface area (Å²) in [6.07, 6.45) is 1.58. The fraction of sp³-hybridized carbons (Fsp3) is 0.357. The van der Waals surface area contributed by atoms with E-state index in [1.807, 2.05) is 61.2 Å². The molecule has 1 aromatic heterocycles. The Morgan fingerprint density at radius 2 is 1.69 bits per heavy atom. The molecule has 36 heavy (non-hydrogen) atoms. The van der Waals surface area contributed by atoms with Crippen molar-refractivity contribution in [1.82, 2.24) is 20.0 Å². The number of aromatic nitrogens is 2. The molecular weight excluding hydrogens is 474 g/mol. The molecule has 1 aliphatic rings. The molecule has 188 valence electrons. The predicted molar refractivity (Wildman–Crippen MR) is 143 cm³/mol. The first-order chi connectivity index (χ1) is 17.5. The van der Waals surface area contributed by atoms with E-state index >= 15 is 0 Å². The number of rotatable bonds is 7. The van der Waals surface area contributed by atoms with Crippen LogP contribution in [0, 0.1) is 0 Å². The number of hydrogen-bond donors (Lipinski definition) is 0. The van der Waals surface area contributed by atoms with Crippen LogP contribution in [-0.4, -0.2) is 70.6 Å². The second-order valence-electron chi connectivity index (χ2n) is 9.06. The molecule has 0 N–H and O–H groups in total. The average molecular weight is 506 g/mol. The summed E-state index contributed by atoms with van der Waals surface area (Å²) in [6.45, 7) is 6.73. The molecule has 0 bridgehead atoms. The second kappa shape index (κ2) is 12.0. The lowest BCUT2D eigenvalue weighted by Crippen LogP contribution is -2.47. The fourth-order valence-electron chi connectivity index (χ4n) is 4.30. The van der Waals surface area contributed by atoms with Crippen molar-refractivity contribution < 1.29 is 9.59 Å². The van der Waals surface area contributed by atoms with Crippen molar-refractivity contribution in [3.63, 3.8) is 0 Å². The number of nitrogens with zero attached hydrogens (tertiary/aromatic N) is 5. The first-order valence-electron chi connectivity index (χ1n) is 12.4. The molecule has 0 aliphatic carbocycles. The summed E-state index contributed by atoms with van der Waals surface area (Å²) in [5, 5.41) is 9.43. The van der Waals surface area contributed by atoms with Crippen LogP contribution in [0.25, 0.3) is 11.3 Å². The van der Waals surface area contributed by atoms with Gasteiger partial charge in [0.1, 0.15) is 6.54 Å². The minimum absolute atomic E-state index is 0.0371. The van der Waals surface area contributed by atoms with E-state index in [0.29, 0.717) is 30.2 Å². The molecule has 2 heterocycles. The van der Waals surface area contributed by atoms with E-state index in [1.54, 1.807) is 29.2 Å². The van der Waals surface area contributed by atoms with E-state index in [4.69, 9.17) is 11.6 Å². The maximum atomic E-state index is 13.3. The molecule has 2 aromatic carbocycles. The summed E-state index contributed by atoms with van der Waals surface area (Å²) in [7, 11) is 0. The largest absolute Gasteiger partial charge is 0.353 e. The Morgan fingerprint density at radius 1 is 0.944 bits per heavy atom. The van der Waals surface area contributed by atoms with E-state index in [0.717, 1.165) is 36.5 Å². The SMILES string of the molecule is CCC(C)N(CC(=O)N1CCCN(c2ccc(-c3ccccc3)nn2)CC1)C(=O)c1ccc(Cl)cc1. The van der Waals surface area contributed by atoms with Gasteiger partial charge in [0, 0.05) is 48.4 Å². The van der Waals surface area contributed by atoms with Gasteiger partial charge in [-0.25, -0.2) is 0 Å². The van der Waals surface area contributed by atoms with Gasteiger partial charge in [-0.2, -0.15) is 0 Å². The highest BCUT2D eigenvalue weighted by molar-refractivity contribution is 6.30. The molecule has 1 atom stereocenters. The summed E-state index contributed by atoms with van der Waals surface area (Å²) < 4.78 is 0. The van der Waals surface area contributed by atoms with Crippen LogP contribution in [0.4, 0.5) is 5.82 Å². The minimum Gasteiger partial charge on any atom is -0.353 e. The molecule has 2 amide bonds. The van der Waals surface area contributed by atoms with Gasteiger partial charge in [0.05, 0.1) is 5.69 Å². The zero-order valence-corrected chi connectivity index (χ0v) is 21.6. The van der Waals surface area contributed by atoms with E-state index < -0.39 is 0 Å². The average Bonchev–Trinajstić information content (AvgIpc) is 3.18. The highest BCUT2D eigenvalue weighted by Crippen LogP contribution is 2.20. The van der Waals surface area contributed by atoms with Gasteiger partial charge in [-0.05, 0) is 56.2 Å². The van der Waals surface area contributed by atoms with Gasteiger partial charge in [0.2, 0.25) is 5.91 Å². The van der Waals surface area contributed by atoms with Gasteiger partial charge >= 0.3 is 0 Å².